The topological polar surface area (TPSA) is 41.5 Å². The van der Waals surface area contributed by atoms with E-state index in [0.717, 1.165) is 5.56 Å². The van der Waals surface area contributed by atoms with E-state index in [1.165, 1.54) is 12.1 Å². The summed E-state index contributed by atoms with van der Waals surface area (Å²) in [6, 6.07) is 6.56. The van der Waals surface area contributed by atoms with Gasteiger partial charge < -0.3 is 15.2 Å². The van der Waals surface area contributed by atoms with Crippen LogP contribution in [-0.4, -0.2) is 30.5 Å². The zero-order valence-electron chi connectivity index (χ0n) is 10.7. The van der Waals surface area contributed by atoms with Gasteiger partial charge in [0.2, 0.25) is 0 Å². The summed E-state index contributed by atoms with van der Waals surface area (Å²) in [5, 5.41) is 13.6. The van der Waals surface area contributed by atoms with E-state index in [1.807, 2.05) is 13.0 Å². The summed E-state index contributed by atoms with van der Waals surface area (Å²) in [6.45, 7) is 3.69. The molecule has 0 saturated carbocycles. The van der Waals surface area contributed by atoms with Crippen molar-refractivity contribution in [2.75, 3.05) is 19.8 Å². The number of hydrogen-bond acceptors (Lipinski definition) is 3. The van der Waals surface area contributed by atoms with Gasteiger partial charge in [0, 0.05) is 38.6 Å². The van der Waals surface area contributed by atoms with Crippen LogP contribution >= 0.6 is 0 Å². The number of benzene rings is 1. The minimum absolute atomic E-state index is 0.0209. The molecule has 1 fully saturated rings. The van der Waals surface area contributed by atoms with Gasteiger partial charge in [-0.1, -0.05) is 12.1 Å². The van der Waals surface area contributed by atoms with Gasteiger partial charge in [-0.3, -0.25) is 0 Å². The Bertz CT molecular complexity index is 391. The highest BCUT2D eigenvalue weighted by Crippen LogP contribution is 2.21. The molecule has 100 valence electrons. The molecule has 0 amide bonds. The molecule has 0 spiro atoms. The van der Waals surface area contributed by atoms with Gasteiger partial charge in [0.25, 0.3) is 0 Å². The fourth-order valence-corrected chi connectivity index (χ4v) is 2.16. The van der Waals surface area contributed by atoms with Crippen LogP contribution in [0.3, 0.4) is 0 Å². The quantitative estimate of drug-likeness (QED) is 0.862. The van der Waals surface area contributed by atoms with Gasteiger partial charge in [-0.25, -0.2) is 4.39 Å². The number of rotatable bonds is 4. The van der Waals surface area contributed by atoms with Gasteiger partial charge >= 0.3 is 0 Å². The van der Waals surface area contributed by atoms with E-state index in [0.29, 0.717) is 32.6 Å². The van der Waals surface area contributed by atoms with Crippen molar-refractivity contribution >= 4 is 0 Å². The third-order valence-corrected chi connectivity index (χ3v) is 3.51. The molecule has 1 saturated heterocycles. The van der Waals surface area contributed by atoms with Crippen molar-refractivity contribution in [1.29, 1.82) is 0 Å². The van der Waals surface area contributed by atoms with E-state index < -0.39 is 5.60 Å². The van der Waals surface area contributed by atoms with Gasteiger partial charge in [0.15, 0.2) is 0 Å². The molecular weight excluding hydrogens is 233 g/mol. The summed E-state index contributed by atoms with van der Waals surface area (Å²) >= 11 is 0. The number of halogens is 1. The van der Waals surface area contributed by atoms with Crippen molar-refractivity contribution in [1.82, 2.24) is 5.32 Å². The predicted octanol–water partition coefficient (Wildman–Crippen LogP) is 2.02. The maximum absolute atomic E-state index is 13.1. The van der Waals surface area contributed by atoms with Gasteiger partial charge in [0.05, 0.1) is 5.60 Å². The van der Waals surface area contributed by atoms with E-state index >= 15 is 0 Å². The highest BCUT2D eigenvalue weighted by atomic mass is 19.1. The molecular formula is C14H20FNO2. The molecule has 1 aliphatic rings. The molecule has 18 heavy (non-hydrogen) atoms. The van der Waals surface area contributed by atoms with E-state index in [-0.39, 0.29) is 11.9 Å². The molecule has 2 N–H and O–H groups in total. The Morgan fingerprint density at radius 1 is 1.44 bits per heavy atom. The Balaban J connectivity index is 1.89. The first-order valence-corrected chi connectivity index (χ1v) is 6.38. The molecule has 0 radical (unpaired) electrons. The summed E-state index contributed by atoms with van der Waals surface area (Å²) < 4.78 is 18.3. The Hall–Kier alpha value is -0.970. The Morgan fingerprint density at radius 3 is 2.83 bits per heavy atom. The molecule has 0 aromatic heterocycles. The van der Waals surface area contributed by atoms with E-state index in [9.17, 15) is 9.50 Å². The molecule has 1 aromatic rings. The zero-order chi connectivity index (χ0) is 13.0. The molecule has 0 aliphatic carbocycles. The van der Waals surface area contributed by atoms with Gasteiger partial charge in [-0.15, -0.1) is 0 Å². The van der Waals surface area contributed by atoms with E-state index in [2.05, 4.69) is 5.32 Å². The smallest absolute Gasteiger partial charge is 0.123 e. The monoisotopic (exact) mass is 253 g/mol. The van der Waals surface area contributed by atoms with Gasteiger partial charge in [-0.05, 0) is 24.6 Å². The van der Waals surface area contributed by atoms with Gasteiger partial charge in [0.1, 0.15) is 5.82 Å². The van der Waals surface area contributed by atoms with Gasteiger partial charge in [-0.2, -0.15) is 0 Å². The van der Waals surface area contributed by atoms with Crippen LogP contribution in [0.4, 0.5) is 4.39 Å². The molecule has 2 rings (SSSR count). The number of ether oxygens (including phenoxy) is 1. The second-order valence-electron chi connectivity index (χ2n) is 4.99. The minimum atomic E-state index is -0.695. The lowest BCUT2D eigenvalue weighted by Crippen LogP contribution is -2.45. The Labute approximate surface area is 107 Å². The van der Waals surface area contributed by atoms with Crippen molar-refractivity contribution < 1.29 is 14.2 Å². The standard InChI is InChI=1S/C14H20FNO2/c1-11(12-3-2-4-13(15)9-12)16-10-14(17)5-7-18-8-6-14/h2-4,9,11,16-17H,5-8,10H2,1H3. The SMILES string of the molecule is CC(NCC1(O)CCOCC1)c1cccc(F)c1. The van der Waals surface area contributed by atoms with Crippen LogP contribution in [0.15, 0.2) is 24.3 Å². The Morgan fingerprint density at radius 2 is 2.17 bits per heavy atom. The molecule has 3 nitrogen and oxygen atoms in total. The van der Waals surface area contributed by atoms with Crippen LogP contribution in [-0.2, 0) is 4.74 Å². The molecule has 1 aliphatic heterocycles. The summed E-state index contributed by atoms with van der Waals surface area (Å²) in [5.74, 6) is -0.231. The normalized spacial score (nSPS) is 20.6. The first-order chi connectivity index (χ1) is 8.59. The average molecular weight is 253 g/mol. The largest absolute Gasteiger partial charge is 0.388 e. The third kappa shape index (κ3) is 3.51. The maximum Gasteiger partial charge on any atom is 0.123 e. The second kappa shape index (κ2) is 5.78. The van der Waals surface area contributed by atoms with Crippen molar-refractivity contribution in [3.63, 3.8) is 0 Å². The van der Waals surface area contributed by atoms with Crippen molar-refractivity contribution in [2.24, 2.45) is 0 Å². The first kappa shape index (κ1) is 13.5. The Kier molecular flexibility index (Phi) is 4.32. The first-order valence-electron chi connectivity index (χ1n) is 6.38. The highest BCUT2D eigenvalue weighted by Gasteiger charge is 2.29. The summed E-state index contributed by atoms with van der Waals surface area (Å²) in [7, 11) is 0. The summed E-state index contributed by atoms with van der Waals surface area (Å²) in [6.07, 6.45) is 1.30. The van der Waals surface area contributed by atoms with Crippen LogP contribution in [0.2, 0.25) is 0 Å². The van der Waals surface area contributed by atoms with E-state index in [1.54, 1.807) is 6.07 Å². The lowest BCUT2D eigenvalue weighted by molar-refractivity contribution is -0.0626. The fraction of sp³-hybridized carbons (Fsp3) is 0.571. The van der Waals surface area contributed by atoms with Crippen molar-refractivity contribution in [3.8, 4) is 0 Å². The molecule has 1 unspecified atom stereocenters. The molecule has 4 heteroatoms. The third-order valence-electron chi connectivity index (χ3n) is 3.51. The zero-order valence-corrected chi connectivity index (χ0v) is 10.7. The van der Waals surface area contributed by atoms with Crippen LogP contribution < -0.4 is 5.32 Å². The lowest BCUT2D eigenvalue weighted by atomic mass is 9.94. The summed E-state index contributed by atoms with van der Waals surface area (Å²) in [5.41, 5.74) is 0.200. The molecule has 1 aromatic carbocycles. The van der Waals surface area contributed by atoms with Crippen LogP contribution in [0.1, 0.15) is 31.4 Å². The van der Waals surface area contributed by atoms with Crippen LogP contribution in [0.5, 0.6) is 0 Å². The van der Waals surface area contributed by atoms with Crippen LogP contribution in [0, 0.1) is 5.82 Å². The average Bonchev–Trinajstić information content (AvgIpc) is 2.37. The molecule has 1 heterocycles. The number of hydrogen-bond donors (Lipinski definition) is 2. The molecule has 0 bridgehead atoms. The van der Waals surface area contributed by atoms with Crippen molar-refractivity contribution in [2.45, 2.75) is 31.4 Å². The van der Waals surface area contributed by atoms with E-state index in [4.69, 9.17) is 4.74 Å². The lowest BCUT2D eigenvalue weighted by Gasteiger charge is -2.33. The van der Waals surface area contributed by atoms with Crippen molar-refractivity contribution in [3.05, 3.63) is 35.6 Å². The molecule has 1 atom stereocenters. The van der Waals surface area contributed by atoms with Crippen LogP contribution in [0.25, 0.3) is 0 Å². The summed E-state index contributed by atoms with van der Waals surface area (Å²) in [4.78, 5) is 0. The minimum Gasteiger partial charge on any atom is -0.388 e. The highest BCUT2D eigenvalue weighted by molar-refractivity contribution is 5.19. The maximum atomic E-state index is 13.1. The fourth-order valence-electron chi connectivity index (χ4n) is 2.16. The number of aliphatic hydroxyl groups is 1. The second-order valence-corrected chi connectivity index (χ2v) is 4.99. The number of nitrogens with one attached hydrogen (secondary N) is 1. The predicted molar refractivity (Wildman–Crippen MR) is 67.8 cm³/mol.